The van der Waals surface area contributed by atoms with Crippen LogP contribution in [0.5, 0.6) is 0 Å². The van der Waals surface area contributed by atoms with Crippen LogP contribution in [-0.4, -0.2) is 10.8 Å². The molecule has 32 heavy (non-hydrogen) atoms. The van der Waals surface area contributed by atoms with E-state index in [2.05, 4.69) is 33.0 Å². The normalized spacial score (nSPS) is 10.2. The van der Waals surface area contributed by atoms with E-state index in [0.29, 0.717) is 5.56 Å². The van der Waals surface area contributed by atoms with Crippen LogP contribution < -0.4 is 0 Å². The summed E-state index contributed by atoms with van der Waals surface area (Å²) in [5, 5.41) is 0.952. The molecule has 2 nitrogen and oxygen atoms in total. The van der Waals surface area contributed by atoms with Gasteiger partial charge in [0.2, 0.25) is 0 Å². The molecule has 0 aliphatic heterocycles. The Kier molecular flexibility index (Phi) is 8.40. The minimum atomic E-state index is -0.831. The highest BCUT2D eigenvalue weighted by Gasteiger charge is 2.17. The molecule has 0 atom stereocenters. The van der Waals surface area contributed by atoms with Crippen molar-refractivity contribution in [2.45, 2.75) is 18.7 Å². The SMILES string of the molecule is BrCc1ccccc1.Cc1ccncc1-c1ccc(CC(=O)c2c(F)cccc2F)cc1. The van der Waals surface area contributed by atoms with Crippen LogP contribution in [0.15, 0.2) is 91.3 Å². The molecule has 0 saturated heterocycles. The Bertz CT molecular complexity index is 1160. The summed E-state index contributed by atoms with van der Waals surface area (Å²) in [4.78, 5) is 16.3. The summed E-state index contributed by atoms with van der Waals surface area (Å²) in [5.74, 6) is -2.24. The first kappa shape index (κ1) is 23.5. The summed E-state index contributed by atoms with van der Waals surface area (Å²) in [6.45, 7) is 2.00. The van der Waals surface area contributed by atoms with Crippen LogP contribution in [-0.2, 0) is 11.8 Å². The van der Waals surface area contributed by atoms with E-state index < -0.39 is 23.0 Å². The second-order valence-electron chi connectivity index (χ2n) is 7.20. The van der Waals surface area contributed by atoms with Gasteiger partial charge in [-0.25, -0.2) is 8.78 Å². The van der Waals surface area contributed by atoms with Crippen molar-refractivity contribution in [1.29, 1.82) is 0 Å². The van der Waals surface area contributed by atoms with Gasteiger partial charge < -0.3 is 0 Å². The Morgan fingerprint density at radius 1 is 0.844 bits per heavy atom. The quantitative estimate of drug-likeness (QED) is 0.215. The summed E-state index contributed by atoms with van der Waals surface area (Å²) in [5.41, 5.74) is 4.64. The van der Waals surface area contributed by atoms with Crippen molar-refractivity contribution in [3.63, 3.8) is 0 Å². The van der Waals surface area contributed by atoms with Gasteiger partial charge >= 0.3 is 0 Å². The van der Waals surface area contributed by atoms with Crippen molar-refractivity contribution < 1.29 is 13.6 Å². The number of ketones is 1. The zero-order chi connectivity index (χ0) is 22.9. The molecule has 0 radical (unpaired) electrons. The monoisotopic (exact) mass is 493 g/mol. The number of Topliss-reactive ketones (excluding diaryl/α,β-unsaturated/α-hetero) is 1. The van der Waals surface area contributed by atoms with Gasteiger partial charge in [-0.15, -0.1) is 0 Å². The Morgan fingerprint density at radius 2 is 1.50 bits per heavy atom. The van der Waals surface area contributed by atoms with Crippen LogP contribution >= 0.6 is 15.9 Å². The van der Waals surface area contributed by atoms with Crippen molar-refractivity contribution in [1.82, 2.24) is 4.98 Å². The number of carbonyl (C=O) groups excluding carboxylic acids is 1. The van der Waals surface area contributed by atoms with E-state index in [1.807, 2.05) is 43.3 Å². The molecule has 0 saturated carbocycles. The maximum Gasteiger partial charge on any atom is 0.173 e. The van der Waals surface area contributed by atoms with E-state index >= 15 is 0 Å². The molecule has 0 bridgehead atoms. The molecule has 0 aliphatic rings. The topological polar surface area (TPSA) is 30.0 Å². The molecular weight excluding hydrogens is 472 g/mol. The van der Waals surface area contributed by atoms with Crippen molar-refractivity contribution in [3.8, 4) is 11.1 Å². The highest BCUT2D eigenvalue weighted by atomic mass is 79.9. The van der Waals surface area contributed by atoms with Crippen LogP contribution in [0.4, 0.5) is 8.78 Å². The fourth-order valence-corrected chi connectivity index (χ4v) is 3.55. The lowest BCUT2D eigenvalue weighted by Gasteiger charge is -2.07. The first-order valence-corrected chi connectivity index (χ1v) is 11.2. The number of pyridine rings is 1. The molecule has 0 aliphatic carbocycles. The van der Waals surface area contributed by atoms with E-state index in [1.165, 1.54) is 11.6 Å². The van der Waals surface area contributed by atoms with Crippen LogP contribution in [0.25, 0.3) is 11.1 Å². The average molecular weight is 494 g/mol. The summed E-state index contributed by atoms with van der Waals surface area (Å²) in [6.07, 6.45) is 3.46. The number of halogens is 3. The number of alkyl halides is 1. The Hall–Kier alpha value is -3.18. The number of carbonyl (C=O) groups is 1. The Morgan fingerprint density at radius 3 is 2.06 bits per heavy atom. The number of benzene rings is 3. The van der Waals surface area contributed by atoms with Gasteiger partial charge in [-0.3, -0.25) is 9.78 Å². The molecular formula is C27H22BrF2NO. The lowest BCUT2D eigenvalue weighted by molar-refractivity contribution is 0.0985. The van der Waals surface area contributed by atoms with Gasteiger partial charge in [-0.2, -0.15) is 0 Å². The molecule has 5 heteroatoms. The third-order valence-corrected chi connectivity index (χ3v) is 5.55. The fraction of sp³-hybridized carbons (Fsp3) is 0.111. The minimum Gasteiger partial charge on any atom is -0.294 e. The molecule has 0 fully saturated rings. The molecule has 4 rings (SSSR count). The maximum atomic E-state index is 13.7. The molecule has 0 unspecified atom stereocenters. The second-order valence-corrected chi connectivity index (χ2v) is 7.76. The van der Waals surface area contributed by atoms with E-state index in [4.69, 9.17) is 0 Å². The Balaban J connectivity index is 0.000000305. The van der Waals surface area contributed by atoms with Crippen molar-refractivity contribution in [2.24, 2.45) is 0 Å². The zero-order valence-electron chi connectivity index (χ0n) is 17.6. The fourth-order valence-electron chi connectivity index (χ4n) is 3.17. The summed E-state index contributed by atoms with van der Waals surface area (Å²) in [7, 11) is 0. The lowest BCUT2D eigenvalue weighted by atomic mass is 9.98. The van der Waals surface area contributed by atoms with Crippen LogP contribution in [0.1, 0.15) is 27.0 Å². The first-order chi connectivity index (χ1) is 15.5. The third-order valence-electron chi connectivity index (χ3n) is 4.91. The summed E-state index contributed by atoms with van der Waals surface area (Å²) >= 11 is 3.36. The minimum absolute atomic E-state index is 0.0514. The maximum absolute atomic E-state index is 13.7. The lowest BCUT2D eigenvalue weighted by Crippen LogP contribution is -2.09. The van der Waals surface area contributed by atoms with E-state index in [9.17, 15) is 13.6 Å². The number of aryl methyl sites for hydroxylation is 1. The van der Waals surface area contributed by atoms with Crippen molar-refractivity contribution in [3.05, 3.63) is 125 Å². The second kappa shape index (κ2) is 11.4. The molecule has 3 aromatic carbocycles. The highest BCUT2D eigenvalue weighted by molar-refractivity contribution is 9.08. The van der Waals surface area contributed by atoms with Crippen molar-refractivity contribution in [2.75, 3.05) is 0 Å². The van der Waals surface area contributed by atoms with Gasteiger partial charge in [0.15, 0.2) is 5.78 Å². The van der Waals surface area contributed by atoms with E-state index in [1.54, 1.807) is 24.5 Å². The van der Waals surface area contributed by atoms with Gasteiger partial charge in [0.1, 0.15) is 11.6 Å². The van der Waals surface area contributed by atoms with Gasteiger partial charge in [-0.1, -0.05) is 76.6 Å². The first-order valence-electron chi connectivity index (χ1n) is 10.1. The number of rotatable bonds is 5. The number of hydrogen-bond donors (Lipinski definition) is 0. The standard InChI is InChI=1S/C20H15F2NO.C7H7Br/c1-13-9-10-23-12-16(13)15-7-5-14(6-8-15)11-19(24)20-17(21)3-2-4-18(20)22;8-6-7-4-2-1-3-5-7/h2-10,12H,11H2,1H3;1-5H,6H2. The molecule has 4 aromatic rings. The van der Waals surface area contributed by atoms with Crippen molar-refractivity contribution >= 4 is 21.7 Å². The van der Waals surface area contributed by atoms with Gasteiger partial charge in [0, 0.05) is 29.7 Å². The van der Waals surface area contributed by atoms with Gasteiger partial charge in [0.25, 0.3) is 0 Å². The van der Waals surface area contributed by atoms with E-state index in [-0.39, 0.29) is 6.42 Å². The molecule has 162 valence electrons. The molecule has 0 amide bonds. The predicted molar refractivity (Wildman–Crippen MR) is 128 cm³/mol. The van der Waals surface area contributed by atoms with Crippen LogP contribution in [0, 0.1) is 18.6 Å². The van der Waals surface area contributed by atoms with Crippen LogP contribution in [0.3, 0.4) is 0 Å². The average Bonchev–Trinajstić information content (AvgIpc) is 2.81. The van der Waals surface area contributed by atoms with Crippen LogP contribution in [0.2, 0.25) is 0 Å². The molecule has 0 spiro atoms. The highest BCUT2D eigenvalue weighted by Crippen LogP contribution is 2.23. The predicted octanol–water partition coefficient (Wildman–Crippen LogP) is 7.34. The molecule has 0 N–H and O–H groups in total. The number of nitrogens with zero attached hydrogens (tertiary/aromatic N) is 1. The third kappa shape index (κ3) is 6.17. The number of aromatic nitrogens is 1. The Labute approximate surface area is 195 Å². The van der Waals surface area contributed by atoms with Gasteiger partial charge in [-0.05, 0) is 47.4 Å². The summed E-state index contributed by atoms with van der Waals surface area (Å²) < 4.78 is 27.3. The largest absolute Gasteiger partial charge is 0.294 e. The summed E-state index contributed by atoms with van der Waals surface area (Å²) in [6, 6.07) is 23.0. The smallest absolute Gasteiger partial charge is 0.173 e. The molecule has 1 heterocycles. The molecule has 1 aromatic heterocycles. The zero-order valence-corrected chi connectivity index (χ0v) is 19.1. The van der Waals surface area contributed by atoms with E-state index in [0.717, 1.165) is 34.2 Å². The van der Waals surface area contributed by atoms with Gasteiger partial charge in [0.05, 0.1) is 5.56 Å². The number of hydrogen-bond acceptors (Lipinski definition) is 2.